The van der Waals surface area contributed by atoms with E-state index in [1.165, 1.54) is 9.80 Å². The first-order valence-corrected chi connectivity index (χ1v) is 7.97. The van der Waals surface area contributed by atoms with E-state index in [0.717, 1.165) is 4.90 Å². The molecule has 6 N–H and O–H groups in total. The minimum absolute atomic E-state index is 0. The van der Waals surface area contributed by atoms with Crippen molar-refractivity contribution in [2.24, 2.45) is 5.90 Å². The number of nitrogens with two attached hydrogens (primary N) is 1. The van der Waals surface area contributed by atoms with Crippen molar-refractivity contribution >= 4 is 29.8 Å². The number of rotatable bonds is 16. The SMILES string of the molecule is NOC(=O)CN(CCN(CCN(CC(=O)O)CC(=O)O)CC(=O)O)CC(=O)O.[Ce]. The molecule has 15 heteroatoms. The van der Waals surface area contributed by atoms with Crippen molar-refractivity contribution in [1.82, 2.24) is 14.7 Å². The van der Waals surface area contributed by atoms with Crippen molar-refractivity contribution in [3.05, 3.63) is 0 Å². The smallest absolute Gasteiger partial charge is 0.338 e. The maximum Gasteiger partial charge on any atom is 0.338 e. The van der Waals surface area contributed by atoms with Crippen LogP contribution in [0, 0.1) is 41.7 Å². The topological polar surface area (TPSA) is 211 Å². The summed E-state index contributed by atoms with van der Waals surface area (Å²) in [6.07, 6.45) is 0. The van der Waals surface area contributed by atoms with Crippen LogP contribution in [0.1, 0.15) is 0 Å². The molecule has 0 aliphatic rings. The zero-order valence-corrected chi connectivity index (χ0v) is 18.7. The van der Waals surface area contributed by atoms with Crippen molar-refractivity contribution in [3.8, 4) is 0 Å². The molecule has 0 saturated heterocycles. The van der Waals surface area contributed by atoms with Gasteiger partial charge in [-0.25, -0.2) is 4.79 Å². The number of hydrogen-bond donors (Lipinski definition) is 5. The molecule has 0 rings (SSSR count). The third-order valence-electron chi connectivity index (χ3n) is 3.38. The van der Waals surface area contributed by atoms with Crippen LogP contribution in [0.3, 0.4) is 0 Å². The number of carboxylic acids is 4. The summed E-state index contributed by atoms with van der Waals surface area (Å²) in [4.78, 5) is 62.4. The zero-order valence-electron chi connectivity index (χ0n) is 15.5. The van der Waals surface area contributed by atoms with Crippen LogP contribution in [0.2, 0.25) is 0 Å². The van der Waals surface area contributed by atoms with E-state index in [9.17, 15) is 24.0 Å². The standard InChI is InChI=1S/C14H24N4O10.Ce/c15-28-14(27)9-18(8-13(25)26)4-2-16(5-10(19)20)1-3-17(6-11(21)22)7-12(23)24;/h1-9,15H2,(H,19,20)(H,21,22)(H,23,24)(H,25,26);. The van der Waals surface area contributed by atoms with Crippen LogP contribution in [0.4, 0.5) is 0 Å². The second kappa shape index (κ2) is 16.4. The fourth-order valence-corrected chi connectivity index (χ4v) is 2.25. The number of carbonyl (C=O) groups excluding carboxylic acids is 1. The fourth-order valence-electron chi connectivity index (χ4n) is 2.25. The molecular formula is C14H24CeN4O10. The van der Waals surface area contributed by atoms with Gasteiger partial charge in [-0.15, -0.1) is 0 Å². The molecule has 0 amide bonds. The third kappa shape index (κ3) is 17.2. The first kappa shape index (κ1) is 29.8. The predicted octanol–water partition coefficient (Wildman–Crippen LogP) is -3.35. The summed E-state index contributed by atoms with van der Waals surface area (Å²) in [6.45, 7) is -2.51. The predicted molar refractivity (Wildman–Crippen MR) is 90.1 cm³/mol. The first-order valence-electron chi connectivity index (χ1n) is 7.97. The van der Waals surface area contributed by atoms with E-state index in [1.807, 2.05) is 0 Å². The van der Waals surface area contributed by atoms with E-state index in [4.69, 9.17) is 26.3 Å². The number of nitrogens with zero attached hydrogens (tertiary/aromatic N) is 3. The van der Waals surface area contributed by atoms with E-state index in [-0.39, 0.29) is 67.9 Å². The number of carbonyl (C=O) groups is 5. The molecule has 0 fully saturated rings. The molecule has 0 saturated carbocycles. The molecule has 29 heavy (non-hydrogen) atoms. The van der Waals surface area contributed by atoms with E-state index in [1.54, 1.807) is 0 Å². The molecular weight excluding hydrogens is 524 g/mol. The van der Waals surface area contributed by atoms with Gasteiger partial charge in [0.05, 0.1) is 32.7 Å². The average Bonchev–Trinajstić information content (AvgIpc) is 2.54. The Labute approximate surface area is 199 Å². The molecule has 0 aliphatic carbocycles. The second-order valence-electron chi connectivity index (χ2n) is 5.76. The van der Waals surface area contributed by atoms with Crippen LogP contribution in [-0.4, -0.2) is 124 Å². The van der Waals surface area contributed by atoms with E-state index in [0.29, 0.717) is 0 Å². The van der Waals surface area contributed by atoms with Gasteiger partial charge in [-0.05, 0) is 0 Å². The summed E-state index contributed by atoms with van der Waals surface area (Å²) in [7, 11) is 0. The zero-order chi connectivity index (χ0) is 21.7. The van der Waals surface area contributed by atoms with E-state index >= 15 is 0 Å². The molecule has 0 atom stereocenters. The van der Waals surface area contributed by atoms with Crippen LogP contribution in [0.5, 0.6) is 0 Å². The van der Waals surface area contributed by atoms with Crippen LogP contribution < -0.4 is 5.90 Å². The molecule has 0 aromatic carbocycles. The normalized spacial score (nSPS) is 10.6. The molecule has 0 unspecified atom stereocenters. The number of carboxylic acid groups (broad SMARTS) is 4. The Kier molecular flexibility index (Phi) is 16.8. The molecule has 14 nitrogen and oxygen atoms in total. The summed E-state index contributed by atoms with van der Waals surface area (Å²) in [6, 6.07) is 0. The molecule has 0 aromatic rings. The second-order valence-corrected chi connectivity index (χ2v) is 5.76. The van der Waals surface area contributed by atoms with Gasteiger partial charge in [0, 0.05) is 67.9 Å². The quantitative estimate of drug-likeness (QED) is 0.119. The fraction of sp³-hybridized carbons (Fsp3) is 0.643. The van der Waals surface area contributed by atoms with Gasteiger partial charge in [0.15, 0.2) is 0 Å². The van der Waals surface area contributed by atoms with Crippen molar-refractivity contribution in [2.75, 3.05) is 58.9 Å². The summed E-state index contributed by atoms with van der Waals surface area (Å²) < 4.78 is 0. The monoisotopic (exact) mass is 548 g/mol. The molecule has 0 aliphatic heterocycles. The Morgan fingerprint density at radius 1 is 0.586 bits per heavy atom. The van der Waals surface area contributed by atoms with Gasteiger partial charge in [0.1, 0.15) is 0 Å². The maximum absolute atomic E-state index is 11.2. The largest absolute Gasteiger partial charge is 0.480 e. The number of hydrogen-bond acceptors (Lipinski definition) is 10. The Bertz CT molecular complexity index is 561. The van der Waals surface area contributed by atoms with Gasteiger partial charge in [-0.2, -0.15) is 5.90 Å². The Morgan fingerprint density at radius 3 is 1.17 bits per heavy atom. The summed E-state index contributed by atoms with van der Waals surface area (Å²) in [5, 5.41) is 35.5. The maximum atomic E-state index is 11.2. The Balaban J connectivity index is 0. The van der Waals surface area contributed by atoms with Crippen LogP contribution in [0.25, 0.3) is 0 Å². The van der Waals surface area contributed by atoms with Gasteiger partial charge in [0.2, 0.25) is 0 Å². The third-order valence-corrected chi connectivity index (χ3v) is 3.38. The molecule has 0 spiro atoms. The van der Waals surface area contributed by atoms with Crippen LogP contribution >= 0.6 is 0 Å². The van der Waals surface area contributed by atoms with E-state index < -0.39 is 62.6 Å². The summed E-state index contributed by atoms with van der Waals surface area (Å²) >= 11 is 0. The number of aliphatic carboxylic acids is 4. The van der Waals surface area contributed by atoms with Gasteiger partial charge in [-0.1, -0.05) is 0 Å². The van der Waals surface area contributed by atoms with Crippen LogP contribution in [0.15, 0.2) is 0 Å². The molecule has 0 aromatic heterocycles. The van der Waals surface area contributed by atoms with Crippen molar-refractivity contribution in [2.45, 2.75) is 0 Å². The molecule has 0 bridgehead atoms. The van der Waals surface area contributed by atoms with Gasteiger partial charge < -0.3 is 25.3 Å². The van der Waals surface area contributed by atoms with E-state index in [2.05, 4.69) is 4.84 Å². The van der Waals surface area contributed by atoms with Gasteiger partial charge in [-0.3, -0.25) is 33.9 Å². The first-order chi connectivity index (χ1) is 13.0. The van der Waals surface area contributed by atoms with Gasteiger partial charge in [0.25, 0.3) is 0 Å². The summed E-state index contributed by atoms with van der Waals surface area (Å²) in [5.41, 5.74) is 0. The summed E-state index contributed by atoms with van der Waals surface area (Å²) in [5.74, 6) is -1.03. The van der Waals surface area contributed by atoms with Crippen molar-refractivity contribution < 1.29 is 91.0 Å². The van der Waals surface area contributed by atoms with Crippen molar-refractivity contribution in [1.29, 1.82) is 0 Å². The minimum Gasteiger partial charge on any atom is -0.480 e. The van der Waals surface area contributed by atoms with Gasteiger partial charge >= 0.3 is 29.8 Å². The molecule has 0 radical (unpaired) electrons. The Morgan fingerprint density at radius 2 is 0.862 bits per heavy atom. The van der Waals surface area contributed by atoms with Crippen LogP contribution in [-0.2, 0) is 28.8 Å². The average molecular weight is 548 g/mol. The van der Waals surface area contributed by atoms with Crippen molar-refractivity contribution in [3.63, 3.8) is 0 Å². The minimum atomic E-state index is -1.24. The Hall–Kier alpha value is -1.43. The molecule has 0 heterocycles. The molecule has 164 valence electrons.